The topological polar surface area (TPSA) is 66.8 Å². The largest absolute Gasteiger partial charge is 0.507 e. The van der Waals surface area contributed by atoms with Gasteiger partial charge in [-0.1, -0.05) is 83.3 Å². The van der Waals surface area contributed by atoms with Gasteiger partial charge in [-0.05, 0) is 46.7 Å². The summed E-state index contributed by atoms with van der Waals surface area (Å²) in [5.41, 5.74) is 1.05. The number of Topliss-reactive ketones (excluding diaryl/α,β-unsaturated/α-hetero) is 1. The van der Waals surface area contributed by atoms with Gasteiger partial charge in [0, 0.05) is 15.7 Å². The van der Waals surface area contributed by atoms with Crippen molar-refractivity contribution < 1.29 is 19.4 Å². The highest BCUT2D eigenvalue weighted by atomic mass is 35.5. The van der Waals surface area contributed by atoms with E-state index in [1.807, 2.05) is 42.5 Å². The third kappa shape index (κ3) is 3.99. The summed E-state index contributed by atoms with van der Waals surface area (Å²) in [6.45, 7) is 0. The van der Waals surface area contributed by atoms with Crippen molar-refractivity contribution in [1.29, 1.82) is 0 Å². The average Bonchev–Trinajstić information content (AvgIpc) is 3.13. The third-order valence-electron chi connectivity index (χ3n) is 6.12. The van der Waals surface area contributed by atoms with Crippen LogP contribution >= 0.6 is 34.8 Å². The lowest BCUT2D eigenvalue weighted by atomic mass is 9.91. The van der Waals surface area contributed by atoms with Gasteiger partial charge in [-0.25, -0.2) is 0 Å². The van der Waals surface area contributed by atoms with E-state index in [-0.39, 0.29) is 26.9 Å². The molecule has 1 amide bonds. The molecule has 1 fully saturated rings. The highest BCUT2D eigenvalue weighted by molar-refractivity contribution is 6.52. The van der Waals surface area contributed by atoms with E-state index in [4.69, 9.17) is 39.5 Å². The van der Waals surface area contributed by atoms with Gasteiger partial charge in [0.2, 0.25) is 0 Å². The lowest BCUT2D eigenvalue weighted by Crippen LogP contribution is -2.29. The first kappa shape index (κ1) is 24.2. The van der Waals surface area contributed by atoms with Crippen LogP contribution in [0, 0.1) is 0 Å². The maximum atomic E-state index is 13.5. The van der Waals surface area contributed by atoms with Crippen LogP contribution in [0.2, 0.25) is 15.1 Å². The fourth-order valence-corrected chi connectivity index (χ4v) is 5.35. The van der Waals surface area contributed by atoms with E-state index >= 15 is 0 Å². The van der Waals surface area contributed by atoms with Crippen molar-refractivity contribution in [3.8, 4) is 5.75 Å². The Bertz CT molecular complexity index is 1580. The molecule has 180 valence electrons. The van der Waals surface area contributed by atoms with Gasteiger partial charge in [0.25, 0.3) is 11.7 Å². The first-order valence-electron chi connectivity index (χ1n) is 10.9. The van der Waals surface area contributed by atoms with Crippen molar-refractivity contribution in [2.24, 2.45) is 0 Å². The fraction of sp³-hybridized carbons (Fsp3) is 0.0714. The minimum Gasteiger partial charge on any atom is -0.507 e. The number of ketones is 1. The van der Waals surface area contributed by atoms with Gasteiger partial charge in [-0.15, -0.1) is 0 Å². The lowest BCUT2D eigenvalue weighted by Gasteiger charge is -2.27. The minimum atomic E-state index is -0.961. The van der Waals surface area contributed by atoms with Crippen molar-refractivity contribution in [2.45, 2.75) is 6.04 Å². The Kier molecular flexibility index (Phi) is 6.39. The molecule has 1 N–H and O–H groups in total. The summed E-state index contributed by atoms with van der Waals surface area (Å²) in [4.78, 5) is 28.4. The molecule has 5 nitrogen and oxygen atoms in total. The monoisotopic (exact) mass is 537 g/mol. The summed E-state index contributed by atoms with van der Waals surface area (Å²) in [6.07, 6.45) is 0. The van der Waals surface area contributed by atoms with E-state index in [1.165, 1.54) is 24.1 Å². The summed E-state index contributed by atoms with van der Waals surface area (Å²) in [7, 11) is 1.39. The number of carbonyl (C=O) groups is 2. The number of anilines is 1. The first-order valence-corrected chi connectivity index (χ1v) is 12.0. The van der Waals surface area contributed by atoms with Crippen molar-refractivity contribution in [3.63, 3.8) is 0 Å². The lowest BCUT2D eigenvalue weighted by molar-refractivity contribution is -0.132. The van der Waals surface area contributed by atoms with E-state index in [0.717, 1.165) is 10.8 Å². The van der Waals surface area contributed by atoms with Crippen LogP contribution in [0.1, 0.15) is 17.2 Å². The minimum absolute atomic E-state index is 0.101. The number of aliphatic hydroxyl groups is 1. The van der Waals surface area contributed by atoms with Gasteiger partial charge in [0.15, 0.2) is 0 Å². The van der Waals surface area contributed by atoms with Crippen molar-refractivity contribution >= 4 is 68.7 Å². The van der Waals surface area contributed by atoms with Crippen LogP contribution in [0.3, 0.4) is 0 Å². The molecule has 0 spiro atoms. The molecule has 36 heavy (non-hydrogen) atoms. The molecular weight excluding hydrogens is 521 g/mol. The molecule has 5 rings (SSSR count). The van der Waals surface area contributed by atoms with Crippen LogP contribution in [0.4, 0.5) is 5.69 Å². The Hall–Kier alpha value is -3.51. The molecule has 0 saturated carbocycles. The van der Waals surface area contributed by atoms with E-state index in [2.05, 4.69) is 0 Å². The Morgan fingerprint density at radius 3 is 2.36 bits per heavy atom. The number of benzene rings is 4. The normalized spacial score (nSPS) is 17.1. The predicted octanol–water partition coefficient (Wildman–Crippen LogP) is 7.43. The smallest absolute Gasteiger partial charge is 0.300 e. The maximum absolute atomic E-state index is 13.5. The number of carbonyl (C=O) groups excluding carboxylic acids is 2. The molecule has 1 atom stereocenters. The molecule has 1 heterocycles. The molecule has 1 saturated heterocycles. The van der Waals surface area contributed by atoms with Crippen molar-refractivity contribution in [2.75, 3.05) is 12.0 Å². The van der Waals surface area contributed by atoms with Gasteiger partial charge in [0.05, 0.1) is 29.3 Å². The summed E-state index contributed by atoms with van der Waals surface area (Å²) < 4.78 is 5.40. The quantitative estimate of drug-likeness (QED) is 0.167. The number of amides is 1. The number of rotatable bonds is 4. The van der Waals surface area contributed by atoms with Crippen LogP contribution in [0.5, 0.6) is 5.75 Å². The number of fused-ring (bicyclic) bond motifs is 1. The van der Waals surface area contributed by atoms with Crippen LogP contribution < -0.4 is 9.64 Å². The SMILES string of the molecule is COc1c(Cl)cc(Cl)cc1/C(O)=C1\C(=O)C(=O)N(c2cccc(Cl)c2)C1c1cccc2ccccc12. The number of methoxy groups -OCH3 is 1. The number of hydrogen-bond donors (Lipinski definition) is 1. The number of nitrogens with zero attached hydrogens (tertiary/aromatic N) is 1. The highest BCUT2D eigenvalue weighted by Gasteiger charge is 2.47. The number of hydrogen-bond acceptors (Lipinski definition) is 4. The molecule has 1 unspecified atom stereocenters. The molecule has 0 radical (unpaired) electrons. The Labute approximate surface area is 222 Å². The number of ether oxygens (including phenoxy) is 1. The van der Waals surface area contributed by atoms with Crippen LogP contribution in [-0.2, 0) is 9.59 Å². The Balaban J connectivity index is 1.85. The Morgan fingerprint density at radius 1 is 0.889 bits per heavy atom. The first-order chi connectivity index (χ1) is 17.3. The summed E-state index contributed by atoms with van der Waals surface area (Å²) in [5.74, 6) is -1.98. The molecule has 1 aliphatic heterocycles. The molecule has 4 aromatic rings. The van der Waals surface area contributed by atoms with Gasteiger partial charge in [-0.2, -0.15) is 0 Å². The zero-order chi connectivity index (χ0) is 25.6. The Morgan fingerprint density at radius 2 is 1.61 bits per heavy atom. The second-order valence-electron chi connectivity index (χ2n) is 8.19. The van der Waals surface area contributed by atoms with Gasteiger partial charge >= 0.3 is 0 Å². The molecule has 0 bridgehead atoms. The second kappa shape index (κ2) is 9.51. The second-order valence-corrected chi connectivity index (χ2v) is 9.47. The zero-order valence-corrected chi connectivity index (χ0v) is 21.1. The van der Waals surface area contributed by atoms with Gasteiger partial charge in [-0.3, -0.25) is 14.5 Å². The van der Waals surface area contributed by atoms with Gasteiger partial charge < -0.3 is 9.84 Å². The number of halogens is 3. The average molecular weight is 539 g/mol. The van der Waals surface area contributed by atoms with E-state index in [0.29, 0.717) is 16.3 Å². The van der Waals surface area contributed by atoms with Crippen molar-refractivity contribution in [3.05, 3.63) is 111 Å². The summed E-state index contributed by atoms with van der Waals surface area (Å²) >= 11 is 18.8. The van der Waals surface area contributed by atoms with E-state index in [1.54, 1.807) is 24.3 Å². The molecule has 8 heteroatoms. The third-order valence-corrected chi connectivity index (χ3v) is 6.85. The predicted molar refractivity (Wildman–Crippen MR) is 143 cm³/mol. The molecule has 1 aliphatic rings. The fourth-order valence-electron chi connectivity index (χ4n) is 4.60. The van der Waals surface area contributed by atoms with Crippen LogP contribution in [0.15, 0.2) is 84.4 Å². The standard InChI is InChI=1S/C28H18Cl3NO4/c1-36-27-21(13-17(30)14-22(27)31)25(33)23-24(20-11-4-7-15-6-2-3-10-19(15)20)32(28(35)26(23)34)18-9-5-8-16(29)12-18/h2-14,24,33H,1H3/b25-23+. The summed E-state index contributed by atoms with van der Waals surface area (Å²) in [6, 6.07) is 21.8. The molecular formula is C28H18Cl3NO4. The molecule has 0 aromatic heterocycles. The van der Waals surface area contributed by atoms with E-state index in [9.17, 15) is 14.7 Å². The van der Waals surface area contributed by atoms with Crippen LogP contribution in [0.25, 0.3) is 16.5 Å². The van der Waals surface area contributed by atoms with Crippen molar-refractivity contribution in [1.82, 2.24) is 0 Å². The highest BCUT2D eigenvalue weighted by Crippen LogP contribution is 2.46. The molecule has 0 aliphatic carbocycles. The maximum Gasteiger partial charge on any atom is 0.300 e. The zero-order valence-electron chi connectivity index (χ0n) is 18.8. The van der Waals surface area contributed by atoms with E-state index < -0.39 is 23.5 Å². The number of aliphatic hydroxyl groups excluding tert-OH is 1. The summed E-state index contributed by atoms with van der Waals surface area (Å²) in [5, 5.41) is 14.1. The molecule has 4 aromatic carbocycles. The van der Waals surface area contributed by atoms with Crippen LogP contribution in [-0.4, -0.2) is 23.9 Å². The van der Waals surface area contributed by atoms with Gasteiger partial charge in [0.1, 0.15) is 11.5 Å².